The summed E-state index contributed by atoms with van der Waals surface area (Å²) in [6, 6.07) is 0. The maximum absolute atomic E-state index is 11.2. The molecule has 3 fully saturated rings. The van der Waals surface area contributed by atoms with Crippen LogP contribution in [-0.4, -0.2) is 23.2 Å². The molecule has 0 unspecified atom stereocenters. The summed E-state index contributed by atoms with van der Waals surface area (Å²) in [5.74, 6) is 0.389. The van der Waals surface area contributed by atoms with Crippen LogP contribution in [0.4, 0.5) is 0 Å². The lowest BCUT2D eigenvalue weighted by Crippen LogP contribution is -2.60. The van der Waals surface area contributed by atoms with Gasteiger partial charge in [-0.1, -0.05) is 0 Å². The Bertz CT molecular complexity index is 183. The molecule has 3 nitrogen and oxygen atoms in total. The molecule has 3 heteroatoms. The van der Waals surface area contributed by atoms with Gasteiger partial charge in [-0.2, -0.15) is 0 Å². The van der Waals surface area contributed by atoms with Gasteiger partial charge >= 0.3 is 0 Å². The second kappa shape index (κ2) is 2.21. The van der Waals surface area contributed by atoms with Crippen molar-refractivity contribution in [3.05, 3.63) is 0 Å². The van der Waals surface area contributed by atoms with Crippen LogP contribution in [0.25, 0.3) is 0 Å². The van der Waals surface area contributed by atoms with Crippen molar-refractivity contribution < 1.29 is 9.90 Å². The summed E-state index contributed by atoms with van der Waals surface area (Å²) >= 11 is 0. The minimum absolute atomic E-state index is 0.103. The topological polar surface area (TPSA) is 49.3 Å². The van der Waals surface area contributed by atoms with Gasteiger partial charge in [0.2, 0.25) is 5.91 Å². The smallest absolute Gasteiger partial charge is 0.223 e. The Hall–Kier alpha value is -0.570. The first-order chi connectivity index (χ1) is 5.26. The van der Waals surface area contributed by atoms with Crippen molar-refractivity contribution in [2.24, 2.45) is 5.92 Å². The summed E-state index contributed by atoms with van der Waals surface area (Å²) in [5.41, 5.74) is -0.244. The van der Waals surface area contributed by atoms with Crippen LogP contribution in [0.2, 0.25) is 0 Å². The molecule has 0 aromatic carbocycles. The minimum Gasteiger partial charge on any atom is -0.394 e. The summed E-state index contributed by atoms with van der Waals surface area (Å²) in [7, 11) is 0. The second-order valence-electron chi connectivity index (χ2n) is 3.70. The number of piperidine rings is 2. The third-order valence-corrected chi connectivity index (χ3v) is 3.00. The van der Waals surface area contributed by atoms with Crippen LogP contribution in [0.3, 0.4) is 0 Å². The van der Waals surface area contributed by atoms with Crippen molar-refractivity contribution in [1.82, 2.24) is 5.32 Å². The maximum atomic E-state index is 11.2. The maximum Gasteiger partial charge on any atom is 0.223 e. The fourth-order valence-electron chi connectivity index (χ4n) is 2.12. The zero-order valence-corrected chi connectivity index (χ0v) is 6.47. The molecule has 3 rings (SSSR count). The third kappa shape index (κ3) is 0.948. The van der Waals surface area contributed by atoms with Crippen LogP contribution >= 0.6 is 0 Å². The van der Waals surface area contributed by atoms with Crippen LogP contribution in [0.15, 0.2) is 0 Å². The minimum atomic E-state index is -0.244. The first kappa shape index (κ1) is 7.10. The normalized spacial score (nSPS) is 42.3. The highest BCUT2D eigenvalue weighted by molar-refractivity contribution is 5.81. The van der Waals surface area contributed by atoms with Gasteiger partial charge in [0, 0.05) is 5.92 Å². The monoisotopic (exact) mass is 155 g/mol. The Labute approximate surface area is 65.8 Å². The van der Waals surface area contributed by atoms with E-state index < -0.39 is 0 Å². The van der Waals surface area contributed by atoms with Crippen LogP contribution in [0.1, 0.15) is 25.7 Å². The summed E-state index contributed by atoms with van der Waals surface area (Å²) in [5, 5.41) is 12.0. The summed E-state index contributed by atoms with van der Waals surface area (Å²) in [6.07, 6.45) is 3.85. The Balaban J connectivity index is 2.18. The quantitative estimate of drug-likeness (QED) is 0.561. The predicted octanol–water partition coefficient (Wildman–Crippen LogP) is 0.0375. The Kier molecular flexibility index (Phi) is 1.42. The van der Waals surface area contributed by atoms with Crippen molar-refractivity contribution in [1.29, 1.82) is 0 Å². The van der Waals surface area contributed by atoms with E-state index in [1.54, 1.807) is 0 Å². The van der Waals surface area contributed by atoms with E-state index in [2.05, 4.69) is 5.32 Å². The summed E-state index contributed by atoms with van der Waals surface area (Å²) in [6.45, 7) is 0.103. The Morgan fingerprint density at radius 1 is 1.55 bits per heavy atom. The second-order valence-corrected chi connectivity index (χ2v) is 3.70. The molecule has 3 aliphatic rings. The molecule has 2 saturated heterocycles. The van der Waals surface area contributed by atoms with Gasteiger partial charge in [-0.05, 0) is 25.7 Å². The van der Waals surface area contributed by atoms with Crippen LogP contribution in [0.5, 0.6) is 0 Å². The van der Waals surface area contributed by atoms with E-state index in [1.807, 2.05) is 0 Å². The zero-order chi connectivity index (χ0) is 7.90. The lowest BCUT2D eigenvalue weighted by atomic mass is 9.72. The molecular formula is C8H13NO2. The van der Waals surface area contributed by atoms with Crippen LogP contribution < -0.4 is 5.32 Å². The summed E-state index contributed by atoms with van der Waals surface area (Å²) in [4.78, 5) is 11.2. The molecule has 0 aromatic heterocycles. The number of aliphatic hydroxyl groups is 1. The van der Waals surface area contributed by atoms with Gasteiger partial charge in [0.05, 0.1) is 12.1 Å². The number of fused-ring (bicyclic) bond motifs is 3. The fourth-order valence-corrected chi connectivity index (χ4v) is 2.12. The molecule has 0 spiro atoms. The number of amides is 1. The van der Waals surface area contributed by atoms with Crippen molar-refractivity contribution in [3.8, 4) is 0 Å². The molecule has 2 aliphatic heterocycles. The van der Waals surface area contributed by atoms with E-state index in [-0.39, 0.29) is 24.0 Å². The van der Waals surface area contributed by atoms with Crippen molar-refractivity contribution in [2.45, 2.75) is 31.2 Å². The zero-order valence-electron chi connectivity index (χ0n) is 6.47. The molecule has 1 aliphatic carbocycles. The van der Waals surface area contributed by atoms with Crippen LogP contribution in [0, 0.1) is 5.92 Å². The fraction of sp³-hybridized carbons (Fsp3) is 0.875. The average molecular weight is 155 g/mol. The van der Waals surface area contributed by atoms with Gasteiger partial charge in [-0.25, -0.2) is 0 Å². The van der Waals surface area contributed by atoms with Crippen molar-refractivity contribution in [2.75, 3.05) is 6.61 Å². The number of hydrogen-bond acceptors (Lipinski definition) is 2. The highest BCUT2D eigenvalue weighted by atomic mass is 16.3. The average Bonchev–Trinajstić information content (AvgIpc) is 2.06. The van der Waals surface area contributed by atoms with Gasteiger partial charge in [-0.3, -0.25) is 4.79 Å². The molecular weight excluding hydrogens is 142 g/mol. The standard InChI is InChI=1S/C8H13NO2/c10-5-8-3-1-6(2-4-8)7(11)9-8/h6,10H,1-5H2,(H,9,11). The molecule has 2 bridgehead atoms. The van der Waals surface area contributed by atoms with Crippen LogP contribution in [-0.2, 0) is 4.79 Å². The van der Waals surface area contributed by atoms with E-state index in [0.29, 0.717) is 0 Å². The lowest BCUT2D eigenvalue weighted by molar-refractivity contribution is -0.135. The molecule has 1 saturated carbocycles. The third-order valence-electron chi connectivity index (χ3n) is 3.00. The lowest BCUT2D eigenvalue weighted by Gasteiger charge is -2.45. The van der Waals surface area contributed by atoms with Gasteiger partial charge in [-0.15, -0.1) is 0 Å². The van der Waals surface area contributed by atoms with Gasteiger partial charge < -0.3 is 10.4 Å². The first-order valence-corrected chi connectivity index (χ1v) is 4.19. The molecule has 0 radical (unpaired) electrons. The molecule has 2 N–H and O–H groups in total. The van der Waals surface area contributed by atoms with Gasteiger partial charge in [0.25, 0.3) is 0 Å². The largest absolute Gasteiger partial charge is 0.394 e. The van der Waals surface area contributed by atoms with E-state index >= 15 is 0 Å². The van der Waals surface area contributed by atoms with Crippen molar-refractivity contribution >= 4 is 5.91 Å². The molecule has 62 valence electrons. The van der Waals surface area contributed by atoms with Gasteiger partial charge in [0.15, 0.2) is 0 Å². The number of hydrogen-bond donors (Lipinski definition) is 2. The molecule has 0 atom stereocenters. The SMILES string of the molecule is O=C1NC2(CO)CCC1CC2. The molecule has 2 heterocycles. The Morgan fingerprint density at radius 3 is 2.55 bits per heavy atom. The first-order valence-electron chi connectivity index (χ1n) is 4.19. The molecule has 11 heavy (non-hydrogen) atoms. The number of carbonyl (C=O) groups excluding carboxylic acids is 1. The van der Waals surface area contributed by atoms with E-state index in [9.17, 15) is 4.79 Å². The van der Waals surface area contributed by atoms with E-state index in [0.717, 1.165) is 25.7 Å². The number of carbonyl (C=O) groups is 1. The number of aliphatic hydroxyl groups excluding tert-OH is 1. The Morgan fingerprint density at radius 2 is 2.18 bits per heavy atom. The summed E-state index contributed by atoms with van der Waals surface area (Å²) < 4.78 is 0. The van der Waals surface area contributed by atoms with E-state index in [1.165, 1.54) is 0 Å². The highest BCUT2D eigenvalue weighted by Gasteiger charge is 2.44. The van der Waals surface area contributed by atoms with Gasteiger partial charge in [0.1, 0.15) is 0 Å². The van der Waals surface area contributed by atoms with Crippen molar-refractivity contribution in [3.63, 3.8) is 0 Å². The molecule has 0 aromatic rings. The highest BCUT2D eigenvalue weighted by Crippen LogP contribution is 2.36. The number of nitrogens with one attached hydrogen (secondary N) is 1. The predicted molar refractivity (Wildman–Crippen MR) is 39.9 cm³/mol. The number of rotatable bonds is 1. The molecule has 1 amide bonds. The van der Waals surface area contributed by atoms with E-state index in [4.69, 9.17) is 5.11 Å².